The number of nitrogens with two attached hydrogens (primary N) is 1. The third-order valence-corrected chi connectivity index (χ3v) is 3.86. The fraction of sp³-hybridized carbons (Fsp3) is 0.222. The van der Waals surface area contributed by atoms with Gasteiger partial charge in [0, 0.05) is 11.1 Å². The second kappa shape index (κ2) is 7.56. The van der Waals surface area contributed by atoms with Crippen LogP contribution < -0.4 is 16.0 Å². The normalized spacial score (nSPS) is 13.1. The van der Waals surface area contributed by atoms with Gasteiger partial charge in [0.25, 0.3) is 5.91 Å². The van der Waals surface area contributed by atoms with E-state index in [9.17, 15) is 9.59 Å². The van der Waals surface area contributed by atoms with Crippen LogP contribution in [0.4, 0.5) is 4.79 Å². The molecule has 23 heavy (non-hydrogen) atoms. The number of aryl methyl sites for hydroxylation is 1. The number of carbonyl (C=O) groups is 2. The molecule has 0 radical (unpaired) electrons. The van der Waals surface area contributed by atoms with Crippen molar-refractivity contribution in [2.75, 3.05) is 7.05 Å². The average molecular weight is 312 g/mol. The molecule has 0 aromatic heterocycles. The SMILES string of the molecule is Cc1ccccc1C[NH+](C)[C@H](C(=O)NC(N)=O)c1ccccc1. The van der Waals surface area contributed by atoms with E-state index in [-0.39, 0.29) is 0 Å². The number of imide groups is 1. The molecule has 0 saturated carbocycles. The molecule has 0 heterocycles. The quantitative estimate of drug-likeness (QED) is 0.769. The lowest BCUT2D eigenvalue weighted by molar-refractivity contribution is -0.916. The maximum absolute atomic E-state index is 12.4. The summed E-state index contributed by atoms with van der Waals surface area (Å²) in [6, 6.07) is 16.1. The number of rotatable bonds is 5. The van der Waals surface area contributed by atoms with Gasteiger partial charge >= 0.3 is 6.03 Å². The van der Waals surface area contributed by atoms with Crippen LogP contribution in [0, 0.1) is 6.92 Å². The highest BCUT2D eigenvalue weighted by Crippen LogP contribution is 2.11. The first-order valence-corrected chi connectivity index (χ1v) is 7.51. The second-order valence-corrected chi connectivity index (χ2v) is 5.65. The van der Waals surface area contributed by atoms with Gasteiger partial charge in [0.2, 0.25) is 0 Å². The monoisotopic (exact) mass is 312 g/mol. The number of nitrogens with one attached hydrogen (secondary N) is 2. The first kappa shape index (κ1) is 16.7. The molecule has 0 fully saturated rings. The van der Waals surface area contributed by atoms with Gasteiger partial charge in [-0.15, -0.1) is 0 Å². The standard InChI is InChI=1S/C18H21N3O2/c1-13-8-6-7-11-15(13)12-21(2)16(17(22)20-18(19)23)14-9-4-3-5-10-14/h3-11,16H,12H2,1-2H3,(H3,19,20,22,23)/p+1/t16-/m0/s1. The number of hydrogen-bond acceptors (Lipinski definition) is 2. The lowest BCUT2D eigenvalue weighted by atomic mass is 10.0. The highest BCUT2D eigenvalue weighted by molar-refractivity contribution is 5.96. The molecule has 2 rings (SSSR count). The topological polar surface area (TPSA) is 76.6 Å². The summed E-state index contributed by atoms with van der Waals surface area (Å²) in [4.78, 5) is 24.5. The highest BCUT2D eigenvalue weighted by Gasteiger charge is 2.30. The molecular weight excluding hydrogens is 290 g/mol. The largest absolute Gasteiger partial charge is 0.351 e. The Hall–Kier alpha value is -2.66. The van der Waals surface area contributed by atoms with Gasteiger partial charge in [-0.1, -0.05) is 54.6 Å². The minimum atomic E-state index is -0.834. The van der Waals surface area contributed by atoms with E-state index in [1.54, 1.807) is 0 Å². The maximum atomic E-state index is 12.4. The molecule has 5 heteroatoms. The summed E-state index contributed by atoms with van der Waals surface area (Å²) in [5.74, 6) is -0.394. The van der Waals surface area contributed by atoms with Crippen LogP contribution in [0.25, 0.3) is 0 Å². The van der Waals surface area contributed by atoms with Crippen LogP contribution in [-0.2, 0) is 11.3 Å². The zero-order valence-electron chi connectivity index (χ0n) is 13.4. The van der Waals surface area contributed by atoms with E-state index in [4.69, 9.17) is 5.73 Å². The number of carbonyl (C=O) groups excluding carboxylic acids is 2. The fourth-order valence-corrected chi connectivity index (χ4v) is 2.71. The smallest absolute Gasteiger partial charge is 0.319 e. The van der Waals surface area contributed by atoms with Crippen LogP contribution in [0.3, 0.4) is 0 Å². The molecule has 2 aromatic carbocycles. The molecule has 0 aliphatic heterocycles. The molecule has 0 aliphatic carbocycles. The molecule has 3 amide bonds. The zero-order valence-corrected chi connectivity index (χ0v) is 13.4. The summed E-state index contributed by atoms with van der Waals surface area (Å²) in [6.07, 6.45) is 0. The lowest BCUT2D eigenvalue weighted by Gasteiger charge is -2.24. The first-order valence-electron chi connectivity index (χ1n) is 7.51. The van der Waals surface area contributed by atoms with Crippen LogP contribution in [0.2, 0.25) is 0 Å². The molecular formula is C18H22N3O2+. The van der Waals surface area contributed by atoms with Gasteiger partial charge in [0.1, 0.15) is 6.54 Å². The summed E-state index contributed by atoms with van der Waals surface area (Å²) in [7, 11) is 1.94. The molecule has 0 bridgehead atoms. The molecule has 2 atom stereocenters. The molecule has 120 valence electrons. The van der Waals surface area contributed by atoms with Crippen molar-refractivity contribution in [3.63, 3.8) is 0 Å². The van der Waals surface area contributed by atoms with Gasteiger partial charge in [0.15, 0.2) is 6.04 Å². The third kappa shape index (κ3) is 4.40. The Kier molecular flexibility index (Phi) is 5.49. The fourth-order valence-electron chi connectivity index (χ4n) is 2.71. The van der Waals surface area contributed by atoms with E-state index in [1.807, 2.05) is 68.6 Å². The van der Waals surface area contributed by atoms with Crippen molar-refractivity contribution in [3.8, 4) is 0 Å². The van der Waals surface area contributed by atoms with Gasteiger partial charge in [-0.2, -0.15) is 0 Å². The average Bonchev–Trinajstić information content (AvgIpc) is 2.50. The van der Waals surface area contributed by atoms with Gasteiger partial charge < -0.3 is 10.6 Å². The number of primary amides is 1. The summed E-state index contributed by atoms with van der Waals surface area (Å²) in [5, 5.41) is 2.20. The van der Waals surface area contributed by atoms with E-state index >= 15 is 0 Å². The molecule has 1 unspecified atom stereocenters. The van der Waals surface area contributed by atoms with Crippen molar-refractivity contribution in [2.24, 2.45) is 5.73 Å². The molecule has 5 nitrogen and oxygen atoms in total. The number of urea groups is 1. The Labute approximate surface area is 136 Å². The molecule has 0 spiro atoms. The van der Waals surface area contributed by atoms with E-state index in [1.165, 1.54) is 5.56 Å². The lowest BCUT2D eigenvalue weighted by Crippen LogP contribution is -3.09. The van der Waals surface area contributed by atoms with Crippen LogP contribution in [0.15, 0.2) is 54.6 Å². The van der Waals surface area contributed by atoms with Crippen molar-refractivity contribution in [3.05, 3.63) is 71.3 Å². The van der Waals surface area contributed by atoms with Crippen LogP contribution in [0.5, 0.6) is 0 Å². The maximum Gasteiger partial charge on any atom is 0.319 e. The zero-order chi connectivity index (χ0) is 16.8. The number of quaternary nitrogens is 1. The van der Waals surface area contributed by atoms with Gasteiger partial charge in [-0.3, -0.25) is 10.1 Å². The van der Waals surface area contributed by atoms with Crippen molar-refractivity contribution >= 4 is 11.9 Å². The van der Waals surface area contributed by atoms with Gasteiger partial charge in [-0.05, 0) is 12.5 Å². The van der Waals surface area contributed by atoms with Crippen LogP contribution >= 0.6 is 0 Å². The Morgan fingerprint density at radius 2 is 1.70 bits per heavy atom. The van der Waals surface area contributed by atoms with E-state index < -0.39 is 18.0 Å². The van der Waals surface area contributed by atoms with Crippen molar-refractivity contribution in [2.45, 2.75) is 19.5 Å². The van der Waals surface area contributed by atoms with Gasteiger partial charge in [-0.25, -0.2) is 4.79 Å². The summed E-state index contributed by atoms with van der Waals surface area (Å²) in [5.41, 5.74) is 8.29. The third-order valence-electron chi connectivity index (χ3n) is 3.86. The predicted octanol–water partition coefficient (Wildman–Crippen LogP) is 0.946. The van der Waals surface area contributed by atoms with E-state index in [2.05, 4.69) is 5.32 Å². The molecule has 4 N–H and O–H groups in total. The van der Waals surface area contributed by atoms with Crippen LogP contribution in [0.1, 0.15) is 22.7 Å². The summed E-state index contributed by atoms with van der Waals surface area (Å²) in [6.45, 7) is 2.71. The van der Waals surface area contributed by atoms with Crippen molar-refractivity contribution in [1.29, 1.82) is 0 Å². The van der Waals surface area contributed by atoms with Crippen molar-refractivity contribution < 1.29 is 14.5 Å². The van der Waals surface area contributed by atoms with E-state index in [0.29, 0.717) is 6.54 Å². The van der Waals surface area contributed by atoms with Crippen LogP contribution in [-0.4, -0.2) is 19.0 Å². The summed E-state index contributed by atoms with van der Waals surface area (Å²) < 4.78 is 0. The Bertz CT molecular complexity index is 686. The Balaban J connectivity index is 2.27. The van der Waals surface area contributed by atoms with Gasteiger partial charge in [0.05, 0.1) is 7.05 Å². The molecule has 0 aliphatic rings. The van der Waals surface area contributed by atoms with Crippen molar-refractivity contribution in [1.82, 2.24) is 5.32 Å². The molecule has 2 aromatic rings. The minimum Gasteiger partial charge on any atom is -0.351 e. The minimum absolute atomic E-state index is 0.394. The number of benzene rings is 2. The molecule has 0 saturated heterocycles. The second-order valence-electron chi connectivity index (χ2n) is 5.65. The Morgan fingerprint density at radius 1 is 1.09 bits per heavy atom. The summed E-state index contributed by atoms with van der Waals surface area (Å²) >= 11 is 0. The number of hydrogen-bond donors (Lipinski definition) is 3. The first-order chi connectivity index (χ1) is 11.0. The highest BCUT2D eigenvalue weighted by atomic mass is 16.2. The number of amides is 3. The Morgan fingerprint density at radius 3 is 2.30 bits per heavy atom. The predicted molar refractivity (Wildman–Crippen MR) is 88.7 cm³/mol. The van der Waals surface area contributed by atoms with E-state index in [0.717, 1.165) is 16.0 Å². The number of likely N-dealkylation sites (N-methyl/N-ethyl adjacent to an activating group) is 1.